The molecule has 8 heteroatoms. The Morgan fingerprint density at radius 2 is 2.05 bits per heavy atom. The number of nitrogens with one attached hydrogen (secondary N) is 1. The summed E-state index contributed by atoms with van der Waals surface area (Å²) < 4.78 is 0. The van der Waals surface area contributed by atoms with Gasteiger partial charge < -0.3 is 15.9 Å². The van der Waals surface area contributed by atoms with E-state index in [0.717, 1.165) is 0 Å². The molecule has 2 rings (SSSR count). The molecule has 0 fully saturated rings. The van der Waals surface area contributed by atoms with Crippen molar-refractivity contribution in [2.24, 2.45) is 5.10 Å². The number of aromatic hydroxyl groups is 2. The number of nitrogens with two attached hydrogens (primary N) is 1. The van der Waals surface area contributed by atoms with Crippen LogP contribution in [0.2, 0.25) is 5.15 Å². The van der Waals surface area contributed by atoms with Crippen LogP contribution in [0.5, 0.6) is 11.5 Å². The zero-order chi connectivity index (χ0) is 13.8. The predicted molar refractivity (Wildman–Crippen MR) is 72.4 cm³/mol. The number of nitrogens with zero attached hydrogens (tertiary/aromatic N) is 3. The number of benzene rings is 1. The largest absolute Gasteiger partial charge is 0.508 e. The maximum Gasteiger partial charge on any atom is 0.246 e. The zero-order valence-electron chi connectivity index (χ0n) is 9.58. The van der Waals surface area contributed by atoms with E-state index >= 15 is 0 Å². The highest BCUT2D eigenvalue weighted by Crippen LogP contribution is 2.20. The van der Waals surface area contributed by atoms with Crippen molar-refractivity contribution in [1.29, 1.82) is 0 Å². The molecule has 0 spiro atoms. The monoisotopic (exact) mass is 279 g/mol. The van der Waals surface area contributed by atoms with E-state index in [4.69, 9.17) is 22.4 Å². The third kappa shape index (κ3) is 3.46. The Balaban J connectivity index is 2.11. The smallest absolute Gasteiger partial charge is 0.246 e. The molecule has 19 heavy (non-hydrogen) atoms. The van der Waals surface area contributed by atoms with Gasteiger partial charge >= 0.3 is 0 Å². The summed E-state index contributed by atoms with van der Waals surface area (Å²) in [5, 5.41) is 22.7. The van der Waals surface area contributed by atoms with Crippen molar-refractivity contribution in [1.82, 2.24) is 9.97 Å². The van der Waals surface area contributed by atoms with Crippen LogP contribution in [0.3, 0.4) is 0 Å². The number of hydrogen-bond acceptors (Lipinski definition) is 7. The van der Waals surface area contributed by atoms with Crippen molar-refractivity contribution in [3.8, 4) is 11.5 Å². The van der Waals surface area contributed by atoms with E-state index in [2.05, 4.69) is 20.5 Å². The second-order valence-electron chi connectivity index (χ2n) is 3.55. The van der Waals surface area contributed by atoms with Gasteiger partial charge in [-0.1, -0.05) is 11.6 Å². The predicted octanol–water partition coefficient (Wildman–Crippen LogP) is 1.57. The quantitative estimate of drug-likeness (QED) is 0.385. The van der Waals surface area contributed by atoms with Gasteiger partial charge in [0.05, 0.1) is 6.21 Å². The molecule has 0 aliphatic heterocycles. The average molecular weight is 280 g/mol. The fourth-order valence-electron chi connectivity index (χ4n) is 1.29. The summed E-state index contributed by atoms with van der Waals surface area (Å²) in [5.74, 6) is 0.218. The first-order valence-electron chi connectivity index (χ1n) is 5.16. The summed E-state index contributed by atoms with van der Waals surface area (Å²) in [7, 11) is 0. The highest BCUT2D eigenvalue weighted by molar-refractivity contribution is 6.29. The number of anilines is 2. The van der Waals surface area contributed by atoms with E-state index in [1.807, 2.05) is 0 Å². The molecule has 98 valence electrons. The van der Waals surface area contributed by atoms with E-state index in [0.29, 0.717) is 5.56 Å². The van der Waals surface area contributed by atoms with Crippen LogP contribution >= 0.6 is 11.6 Å². The fourth-order valence-corrected chi connectivity index (χ4v) is 1.48. The molecule has 0 unspecified atom stereocenters. The summed E-state index contributed by atoms with van der Waals surface area (Å²) in [5.41, 5.74) is 8.43. The standard InChI is InChI=1S/C11H10ClN5O2/c12-9-4-10(13)16-11(15-9)17-14-5-6-1-2-7(18)3-8(6)19/h1-5,18-19H,(H3,13,15,16,17)/b14-5-. The number of nitrogen functional groups attached to an aromatic ring is 1. The Hall–Kier alpha value is -2.54. The van der Waals surface area contributed by atoms with Gasteiger partial charge in [0.25, 0.3) is 0 Å². The molecular formula is C11H10ClN5O2. The molecule has 1 aromatic heterocycles. The zero-order valence-corrected chi connectivity index (χ0v) is 10.3. The van der Waals surface area contributed by atoms with Crippen LogP contribution in [0, 0.1) is 0 Å². The Labute approximate surface area is 113 Å². The van der Waals surface area contributed by atoms with Crippen molar-refractivity contribution in [2.75, 3.05) is 11.2 Å². The summed E-state index contributed by atoms with van der Waals surface area (Å²) in [6.45, 7) is 0. The molecule has 2 aromatic rings. The summed E-state index contributed by atoms with van der Waals surface area (Å²) in [4.78, 5) is 7.71. The van der Waals surface area contributed by atoms with Crippen molar-refractivity contribution in [3.63, 3.8) is 0 Å². The van der Waals surface area contributed by atoms with Crippen LogP contribution in [0.4, 0.5) is 11.8 Å². The second kappa shape index (κ2) is 5.40. The first-order chi connectivity index (χ1) is 9.04. The van der Waals surface area contributed by atoms with Crippen molar-refractivity contribution < 1.29 is 10.2 Å². The number of rotatable bonds is 3. The topological polar surface area (TPSA) is 117 Å². The van der Waals surface area contributed by atoms with Gasteiger partial charge in [-0.05, 0) is 12.1 Å². The molecular weight excluding hydrogens is 270 g/mol. The summed E-state index contributed by atoms with van der Waals surface area (Å²) in [6.07, 6.45) is 1.34. The Kier molecular flexibility index (Phi) is 3.67. The van der Waals surface area contributed by atoms with Crippen LogP contribution in [0.1, 0.15) is 5.56 Å². The van der Waals surface area contributed by atoms with Crippen molar-refractivity contribution in [3.05, 3.63) is 35.0 Å². The fraction of sp³-hybridized carbons (Fsp3) is 0. The van der Waals surface area contributed by atoms with Crippen molar-refractivity contribution >= 4 is 29.6 Å². The van der Waals surface area contributed by atoms with Crippen LogP contribution in [0.15, 0.2) is 29.4 Å². The molecule has 1 heterocycles. The SMILES string of the molecule is Nc1cc(Cl)nc(N/N=C\c2ccc(O)cc2O)n1. The summed E-state index contributed by atoms with van der Waals surface area (Å²) in [6, 6.07) is 5.54. The molecule has 0 saturated carbocycles. The molecule has 0 atom stereocenters. The Bertz CT molecular complexity index is 612. The highest BCUT2D eigenvalue weighted by Gasteiger charge is 2.01. The lowest BCUT2D eigenvalue weighted by Crippen LogP contribution is -2.00. The Morgan fingerprint density at radius 1 is 1.26 bits per heavy atom. The normalized spacial score (nSPS) is 10.8. The van der Waals surface area contributed by atoms with Gasteiger partial charge in [0.1, 0.15) is 22.5 Å². The van der Waals surface area contributed by atoms with Crippen LogP contribution in [0.25, 0.3) is 0 Å². The lowest BCUT2D eigenvalue weighted by molar-refractivity contribution is 0.450. The van der Waals surface area contributed by atoms with E-state index in [-0.39, 0.29) is 28.4 Å². The number of hydrazone groups is 1. The number of aromatic nitrogens is 2. The van der Waals surface area contributed by atoms with Crippen molar-refractivity contribution in [2.45, 2.75) is 0 Å². The van der Waals surface area contributed by atoms with Gasteiger partial charge in [0.15, 0.2) is 0 Å². The molecule has 0 aliphatic carbocycles. The molecule has 0 bridgehead atoms. The molecule has 0 amide bonds. The third-order valence-electron chi connectivity index (χ3n) is 2.10. The van der Waals surface area contributed by atoms with E-state index in [1.165, 1.54) is 30.5 Å². The van der Waals surface area contributed by atoms with Gasteiger partial charge in [0, 0.05) is 17.7 Å². The lowest BCUT2D eigenvalue weighted by atomic mass is 10.2. The minimum absolute atomic E-state index is 0.0337. The van der Waals surface area contributed by atoms with Gasteiger partial charge in [-0.25, -0.2) is 5.43 Å². The average Bonchev–Trinajstić information content (AvgIpc) is 2.30. The number of hydrogen-bond donors (Lipinski definition) is 4. The van der Waals surface area contributed by atoms with E-state index in [9.17, 15) is 5.11 Å². The minimum atomic E-state index is -0.0999. The lowest BCUT2D eigenvalue weighted by Gasteiger charge is -2.01. The number of phenols is 2. The van der Waals surface area contributed by atoms with Crippen LogP contribution < -0.4 is 11.2 Å². The molecule has 0 aliphatic rings. The van der Waals surface area contributed by atoms with Gasteiger partial charge in [-0.15, -0.1) is 0 Å². The maximum absolute atomic E-state index is 9.53. The first kappa shape index (κ1) is 12.9. The molecule has 0 saturated heterocycles. The van der Waals surface area contributed by atoms with E-state index in [1.54, 1.807) is 0 Å². The molecule has 5 N–H and O–H groups in total. The first-order valence-corrected chi connectivity index (χ1v) is 5.53. The third-order valence-corrected chi connectivity index (χ3v) is 2.29. The Morgan fingerprint density at radius 3 is 2.74 bits per heavy atom. The van der Waals surface area contributed by atoms with Crippen LogP contribution in [-0.2, 0) is 0 Å². The molecule has 1 aromatic carbocycles. The molecule has 0 radical (unpaired) electrons. The van der Waals surface area contributed by atoms with Crippen LogP contribution in [-0.4, -0.2) is 26.4 Å². The maximum atomic E-state index is 9.53. The van der Waals surface area contributed by atoms with Gasteiger partial charge in [0.2, 0.25) is 5.95 Å². The number of halogens is 1. The minimum Gasteiger partial charge on any atom is -0.508 e. The molecule has 7 nitrogen and oxygen atoms in total. The van der Waals surface area contributed by atoms with Gasteiger partial charge in [-0.2, -0.15) is 15.1 Å². The van der Waals surface area contributed by atoms with Gasteiger partial charge in [-0.3, -0.25) is 0 Å². The number of phenolic OH excluding ortho intramolecular Hbond substituents is 2. The van der Waals surface area contributed by atoms with E-state index < -0.39 is 0 Å². The summed E-state index contributed by atoms with van der Waals surface area (Å²) >= 11 is 5.70. The highest BCUT2D eigenvalue weighted by atomic mass is 35.5. The second-order valence-corrected chi connectivity index (χ2v) is 3.94.